The van der Waals surface area contributed by atoms with Crippen LogP contribution in [-0.2, 0) is 10.1 Å². The topological polar surface area (TPSA) is 91.6 Å². The van der Waals surface area contributed by atoms with Crippen LogP contribution >= 0.6 is 0 Å². The second-order valence-corrected chi connectivity index (χ2v) is 7.39. The standard InChI is InChI=1S/C18H10N2O.3C2H6.CH4O3S/c21-18-13-8-4-6-11-5-3-7-12(16(11)13)17-19-14-9-1-2-10-15(14)20(17)18;3*1-2;1-5(2,3)4/h1-10H;3*1-2H3;1H3,(H,2,3,4)/p-1. The molecule has 5 aromatic rings. The first-order valence-electron chi connectivity index (χ1n) is 10.8. The molecule has 0 saturated carbocycles. The summed E-state index contributed by atoms with van der Waals surface area (Å²) in [5.41, 5.74) is 2.46. The van der Waals surface area contributed by atoms with E-state index in [1.807, 2.05) is 102 Å². The van der Waals surface area contributed by atoms with Crippen LogP contribution in [0.25, 0.3) is 38.2 Å². The van der Waals surface area contributed by atoms with E-state index in [9.17, 15) is 4.79 Å². The minimum atomic E-state index is -3.92. The van der Waals surface area contributed by atoms with Crippen LogP contribution in [0.3, 0.4) is 0 Å². The fraction of sp³-hybridized carbons (Fsp3) is 0.280. The Morgan fingerprint density at radius 3 is 1.84 bits per heavy atom. The molecule has 0 aliphatic carbocycles. The van der Waals surface area contributed by atoms with Gasteiger partial charge < -0.3 is 4.55 Å². The van der Waals surface area contributed by atoms with Gasteiger partial charge in [-0.2, -0.15) is 0 Å². The molecular weight excluding hydrogens is 424 g/mol. The molecule has 0 aliphatic rings. The summed E-state index contributed by atoms with van der Waals surface area (Å²) in [5, 5.41) is 3.86. The molecule has 5 rings (SSSR count). The van der Waals surface area contributed by atoms with Crippen LogP contribution < -0.4 is 5.56 Å². The van der Waals surface area contributed by atoms with Crippen LogP contribution in [0.15, 0.2) is 65.5 Å². The smallest absolute Gasteiger partial charge is 0.264 e. The average molecular weight is 456 g/mol. The number of imidazole rings is 1. The zero-order chi connectivity index (χ0) is 24.5. The highest BCUT2D eigenvalue weighted by Gasteiger charge is 2.14. The van der Waals surface area contributed by atoms with Gasteiger partial charge in [0.2, 0.25) is 0 Å². The van der Waals surface area contributed by atoms with E-state index in [0.717, 1.165) is 38.2 Å². The number of pyridine rings is 1. The monoisotopic (exact) mass is 455 g/mol. The fourth-order valence-corrected chi connectivity index (χ4v) is 3.24. The molecule has 0 aliphatic heterocycles. The van der Waals surface area contributed by atoms with E-state index in [-0.39, 0.29) is 5.56 Å². The van der Waals surface area contributed by atoms with Gasteiger partial charge in [0.25, 0.3) is 5.56 Å². The van der Waals surface area contributed by atoms with Gasteiger partial charge in [-0.3, -0.25) is 9.20 Å². The first-order chi connectivity index (χ1) is 15.3. The summed E-state index contributed by atoms with van der Waals surface area (Å²) in [6, 6.07) is 19.7. The Kier molecular flexibility index (Phi) is 10.2. The molecule has 0 radical (unpaired) electrons. The highest BCUT2D eigenvalue weighted by atomic mass is 32.2. The van der Waals surface area contributed by atoms with Gasteiger partial charge in [0, 0.05) is 22.4 Å². The van der Waals surface area contributed by atoms with E-state index < -0.39 is 10.1 Å². The first-order valence-corrected chi connectivity index (χ1v) is 12.6. The maximum atomic E-state index is 12.9. The second kappa shape index (κ2) is 12.1. The third-order valence-electron chi connectivity index (χ3n) is 4.14. The summed E-state index contributed by atoms with van der Waals surface area (Å²) in [6.45, 7) is 12.0. The molecule has 2 heterocycles. The highest BCUT2D eigenvalue weighted by Crippen LogP contribution is 2.29. The van der Waals surface area contributed by atoms with Crippen molar-refractivity contribution in [2.75, 3.05) is 6.26 Å². The van der Waals surface area contributed by atoms with Gasteiger partial charge in [-0.1, -0.05) is 84.0 Å². The van der Waals surface area contributed by atoms with Crippen LogP contribution in [0.4, 0.5) is 0 Å². The molecule has 3 aromatic carbocycles. The summed E-state index contributed by atoms with van der Waals surface area (Å²) in [5.74, 6) is 0. The molecule has 2 aromatic heterocycles. The largest absolute Gasteiger partial charge is 0.748 e. The molecule has 0 unspecified atom stereocenters. The normalized spacial score (nSPS) is 10.2. The van der Waals surface area contributed by atoms with E-state index in [4.69, 9.17) is 13.0 Å². The molecule has 172 valence electrons. The molecule has 6 nitrogen and oxygen atoms in total. The molecule has 0 amide bonds. The molecule has 7 heteroatoms. The van der Waals surface area contributed by atoms with E-state index in [0.29, 0.717) is 6.26 Å². The van der Waals surface area contributed by atoms with Crippen molar-refractivity contribution in [1.82, 2.24) is 9.38 Å². The van der Waals surface area contributed by atoms with E-state index >= 15 is 0 Å². The van der Waals surface area contributed by atoms with Crippen molar-refractivity contribution in [2.24, 2.45) is 0 Å². The third-order valence-corrected chi connectivity index (χ3v) is 4.14. The number of aromatic nitrogens is 2. The molecule has 32 heavy (non-hydrogen) atoms. The van der Waals surface area contributed by atoms with Crippen molar-refractivity contribution in [3.8, 4) is 0 Å². The number of benzene rings is 3. The SMILES string of the molecule is CC.CC.CC.CS(=O)(=O)[O-].O=c1c2cccc3cccc(c32)c2nc3ccccc3n12. The molecular formula is C25H31N2O4S-. The lowest BCUT2D eigenvalue weighted by molar-refractivity contribution is 0.470. The number of nitrogens with zero attached hydrogens (tertiary/aromatic N) is 2. The van der Waals surface area contributed by atoms with Crippen LogP contribution in [0.2, 0.25) is 0 Å². The molecule has 0 bridgehead atoms. The second-order valence-electron chi connectivity index (χ2n) is 5.98. The predicted molar refractivity (Wildman–Crippen MR) is 135 cm³/mol. The zero-order valence-corrected chi connectivity index (χ0v) is 20.5. The van der Waals surface area contributed by atoms with Gasteiger partial charge in [0.1, 0.15) is 5.65 Å². The molecule has 0 spiro atoms. The highest BCUT2D eigenvalue weighted by molar-refractivity contribution is 7.84. The Labute approximate surface area is 189 Å². The fourth-order valence-electron chi connectivity index (χ4n) is 3.24. The molecule has 0 saturated heterocycles. The van der Waals surface area contributed by atoms with Crippen LogP contribution in [0, 0.1) is 0 Å². The Morgan fingerprint density at radius 2 is 1.28 bits per heavy atom. The van der Waals surface area contributed by atoms with Crippen molar-refractivity contribution < 1.29 is 13.0 Å². The maximum absolute atomic E-state index is 12.9. The Hall–Kier alpha value is -3.03. The number of para-hydroxylation sites is 2. The quantitative estimate of drug-likeness (QED) is 0.274. The van der Waals surface area contributed by atoms with Crippen molar-refractivity contribution in [3.05, 3.63) is 71.0 Å². The average Bonchev–Trinajstić information content (AvgIpc) is 3.20. The lowest BCUT2D eigenvalue weighted by Gasteiger charge is -2.06. The summed E-state index contributed by atoms with van der Waals surface area (Å²) in [6.07, 6.45) is 0.604. The lowest BCUT2D eigenvalue weighted by Crippen LogP contribution is -2.13. The van der Waals surface area contributed by atoms with E-state index in [2.05, 4.69) is 4.98 Å². The van der Waals surface area contributed by atoms with Gasteiger partial charge in [-0.25, -0.2) is 13.4 Å². The van der Waals surface area contributed by atoms with Crippen molar-refractivity contribution in [1.29, 1.82) is 0 Å². The van der Waals surface area contributed by atoms with Crippen LogP contribution in [-0.4, -0.2) is 28.6 Å². The van der Waals surface area contributed by atoms with E-state index in [1.165, 1.54) is 0 Å². The van der Waals surface area contributed by atoms with Crippen molar-refractivity contribution in [2.45, 2.75) is 41.5 Å². The molecule has 0 fully saturated rings. The maximum Gasteiger partial charge on any atom is 0.264 e. The number of hydrogen-bond donors (Lipinski definition) is 0. The molecule has 0 N–H and O–H groups in total. The zero-order valence-electron chi connectivity index (χ0n) is 19.7. The van der Waals surface area contributed by atoms with Crippen molar-refractivity contribution >= 4 is 48.3 Å². The lowest BCUT2D eigenvalue weighted by atomic mass is 10.0. The summed E-state index contributed by atoms with van der Waals surface area (Å²) in [7, 11) is -3.92. The van der Waals surface area contributed by atoms with Crippen LogP contribution in [0.5, 0.6) is 0 Å². The Bertz CT molecular complexity index is 1430. The predicted octanol–water partition coefficient (Wildman–Crippen LogP) is 5.83. The Morgan fingerprint density at radius 1 is 0.781 bits per heavy atom. The van der Waals surface area contributed by atoms with Gasteiger partial charge >= 0.3 is 0 Å². The summed E-state index contributed by atoms with van der Waals surface area (Å²) < 4.78 is 29.0. The first kappa shape index (κ1) is 27.0. The minimum Gasteiger partial charge on any atom is -0.748 e. The van der Waals surface area contributed by atoms with Gasteiger partial charge in [-0.05, 0) is 23.6 Å². The third kappa shape index (κ3) is 5.81. The minimum absolute atomic E-state index is 0.00278. The molecule has 0 atom stereocenters. The number of hydrogen-bond acceptors (Lipinski definition) is 5. The number of rotatable bonds is 0. The van der Waals surface area contributed by atoms with Gasteiger partial charge in [-0.15, -0.1) is 0 Å². The number of fused-ring (bicyclic) bond motifs is 4. The van der Waals surface area contributed by atoms with Crippen molar-refractivity contribution in [3.63, 3.8) is 0 Å². The van der Waals surface area contributed by atoms with Gasteiger partial charge in [0.05, 0.1) is 21.2 Å². The van der Waals surface area contributed by atoms with Gasteiger partial charge in [0.15, 0.2) is 0 Å². The summed E-state index contributed by atoms with van der Waals surface area (Å²) >= 11 is 0. The Balaban J connectivity index is 0.000000403. The van der Waals surface area contributed by atoms with Crippen LogP contribution in [0.1, 0.15) is 41.5 Å². The van der Waals surface area contributed by atoms with E-state index in [1.54, 1.807) is 4.40 Å². The summed E-state index contributed by atoms with van der Waals surface area (Å²) in [4.78, 5) is 17.6.